The quantitative estimate of drug-likeness (QED) is 0.232. The van der Waals surface area contributed by atoms with Crippen LogP contribution in [-0.4, -0.2) is 35.8 Å². The minimum absolute atomic E-state index is 0.0254. The van der Waals surface area contributed by atoms with Gasteiger partial charge in [-0.3, -0.25) is 24.5 Å². The number of rotatable bonds is 8. The highest BCUT2D eigenvalue weighted by Crippen LogP contribution is 2.29. The molecule has 0 bridgehead atoms. The third-order valence-electron chi connectivity index (χ3n) is 4.88. The Morgan fingerprint density at radius 1 is 1.24 bits per heavy atom. The number of nitro groups is 1. The Kier molecular flexibility index (Phi) is 6.50. The van der Waals surface area contributed by atoms with Gasteiger partial charge in [-0.1, -0.05) is 11.8 Å². The monoisotopic (exact) mass is 464 g/mol. The number of nitrogens with zero attached hydrogens (tertiary/aromatic N) is 5. The molecule has 0 radical (unpaired) electrons. The largest absolute Gasteiger partial charge is 0.467 e. The minimum atomic E-state index is -0.510. The first-order chi connectivity index (χ1) is 15.9. The van der Waals surface area contributed by atoms with E-state index in [1.165, 1.54) is 30.0 Å². The zero-order valence-corrected chi connectivity index (χ0v) is 18.7. The molecule has 4 rings (SSSR count). The Bertz CT molecular complexity index is 1270. The number of aromatic nitrogens is 4. The van der Waals surface area contributed by atoms with Gasteiger partial charge in [0.15, 0.2) is 11.0 Å². The molecule has 4 aromatic rings. The molecule has 1 aromatic carbocycles. The van der Waals surface area contributed by atoms with Crippen molar-refractivity contribution in [2.75, 3.05) is 5.32 Å². The van der Waals surface area contributed by atoms with E-state index in [1.54, 1.807) is 38.6 Å². The fourth-order valence-electron chi connectivity index (χ4n) is 3.14. The Balaban J connectivity index is 1.55. The Hall–Kier alpha value is -3.99. The molecule has 11 heteroatoms. The van der Waals surface area contributed by atoms with E-state index in [0.717, 1.165) is 11.3 Å². The molecule has 1 atom stereocenters. The first kappa shape index (κ1) is 22.2. The summed E-state index contributed by atoms with van der Waals surface area (Å²) in [6.07, 6.45) is 4.95. The van der Waals surface area contributed by atoms with Crippen molar-refractivity contribution in [1.82, 2.24) is 19.7 Å². The molecule has 0 fully saturated rings. The highest BCUT2D eigenvalue weighted by Gasteiger charge is 2.22. The number of pyridine rings is 1. The summed E-state index contributed by atoms with van der Waals surface area (Å²) in [6, 6.07) is 11.7. The third-order valence-corrected chi connectivity index (χ3v) is 5.96. The molecule has 168 valence electrons. The first-order valence-corrected chi connectivity index (χ1v) is 10.9. The zero-order chi connectivity index (χ0) is 23.4. The van der Waals surface area contributed by atoms with Gasteiger partial charge >= 0.3 is 0 Å². The van der Waals surface area contributed by atoms with Gasteiger partial charge in [0.25, 0.3) is 5.69 Å². The number of aryl methyl sites for hydroxylation is 1. The number of carbonyl (C=O) groups is 1. The van der Waals surface area contributed by atoms with Crippen molar-refractivity contribution in [2.45, 2.75) is 30.8 Å². The molecule has 33 heavy (non-hydrogen) atoms. The maximum atomic E-state index is 12.8. The van der Waals surface area contributed by atoms with E-state index >= 15 is 0 Å². The summed E-state index contributed by atoms with van der Waals surface area (Å²) in [5.74, 6) is 1.11. The van der Waals surface area contributed by atoms with Crippen LogP contribution in [0.15, 0.2) is 70.7 Å². The number of thioether (sulfide) groups is 1. The molecule has 0 unspecified atom stereocenters. The lowest BCUT2D eigenvalue weighted by Gasteiger charge is -2.14. The molecule has 0 saturated carbocycles. The number of nitro benzene ring substituents is 1. The highest BCUT2D eigenvalue weighted by molar-refractivity contribution is 8.00. The van der Waals surface area contributed by atoms with E-state index in [0.29, 0.717) is 28.8 Å². The molecule has 1 amide bonds. The van der Waals surface area contributed by atoms with Gasteiger partial charge in [-0.2, -0.15) is 0 Å². The fraction of sp³-hybridized carbons (Fsp3) is 0.182. The Morgan fingerprint density at radius 3 is 2.70 bits per heavy atom. The topological polar surface area (TPSA) is 129 Å². The zero-order valence-electron chi connectivity index (χ0n) is 17.8. The van der Waals surface area contributed by atoms with Gasteiger partial charge in [-0.15, -0.1) is 10.2 Å². The van der Waals surface area contributed by atoms with Crippen molar-refractivity contribution in [3.05, 3.63) is 82.6 Å². The van der Waals surface area contributed by atoms with Crippen molar-refractivity contribution < 1.29 is 14.1 Å². The van der Waals surface area contributed by atoms with Crippen LogP contribution in [0.3, 0.4) is 0 Å². The first-order valence-electron chi connectivity index (χ1n) is 10.0. The molecular weight excluding hydrogens is 444 g/mol. The molecular formula is C22H20N6O4S. The van der Waals surface area contributed by atoms with Crippen molar-refractivity contribution >= 4 is 29.0 Å². The van der Waals surface area contributed by atoms with Gasteiger partial charge in [-0.25, -0.2) is 0 Å². The molecule has 0 aliphatic rings. The molecule has 0 aliphatic heterocycles. The average molecular weight is 465 g/mol. The van der Waals surface area contributed by atoms with Crippen LogP contribution < -0.4 is 5.32 Å². The standard InChI is InChI=1S/C22H20N6O4S/c1-14-12-17(28(30)31)5-6-19(14)24-21(29)15(2)33-22-26-25-20(16-7-9-23-10-8-16)27(22)13-18-4-3-11-32-18/h3-12,15H,13H2,1-2H3,(H,24,29)/t15-/m0/s1. The number of hydrogen-bond donors (Lipinski definition) is 1. The summed E-state index contributed by atoms with van der Waals surface area (Å²) in [7, 11) is 0. The second-order valence-electron chi connectivity index (χ2n) is 7.21. The predicted molar refractivity (Wildman–Crippen MR) is 123 cm³/mol. The SMILES string of the molecule is Cc1cc([N+](=O)[O-])ccc1NC(=O)[C@H](C)Sc1nnc(-c2ccncc2)n1Cc1ccco1. The Labute approximate surface area is 193 Å². The number of hydrogen-bond acceptors (Lipinski definition) is 8. The second-order valence-corrected chi connectivity index (χ2v) is 8.52. The lowest BCUT2D eigenvalue weighted by Crippen LogP contribution is -2.23. The van der Waals surface area contributed by atoms with Crippen LogP contribution in [0.1, 0.15) is 18.2 Å². The predicted octanol–water partition coefficient (Wildman–Crippen LogP) is 4.32. The molecule has 0 saturated heterocycles. The minimum Gasteiger partial charge on any atom is -0.467 e. The van der Waals surface area contributed by atoms with E-state index in [4.69, 9.17) is 4.42 Å². The summed E-state index contributed by atoms with van der Waals surface area (Å²) in [5.41, 5.74) is 1.94. The second kappa shape index (κ2) is 9.65. The van der Waals surface area contributed by atoms with E-state index < -0.39 is 10.2 Å². The summed E-state index contributed by atoms with van der Waals surface area (Å²) in [6.45, 7) is 3.87. The maximum absolute atomic E-state index is 12.8. The summed E-state index contributed by atoms with van der Waals surface area (Å²) in [4.78, 5) is 27.4. The fourth-order valence-corrected chi connectivity index (χ4v) is 3.99. The maximum Gasteiger partial charge on any atom is 0.269 e. The van der Waals surface area contributed by atoms with Crippen LogP contribution in [0.4, 0.5) is 11.4 Å². The summed E-state index contributed by atoms with van der Waals surface area (Å²) in [5, 5.41) is 22.5. The van der Waals surface area contributed by atoms with Gasteiger partial charge in [0.05, 0.1) is 23.0 Å². The van der Waals surface area contributed by atoms with Crippen LogP contribution >= 0.6 is 11.8 Å². The van der Waals surface area contributed by atoms with Crippen LogP contribution in [-0.2, 0) is 11.3 Å². The third kappa shape index (κ3) is 5.09. The number of nitrogens with one attached hydrogen (secondary N) is 1. The van der Waals surface area contributed by atoms with Crippen LogP contribution in [0, 0.1) is 17.0 Å². The Morgan fingerprint density at radius 2 is 2.03 bits per heavy atom. The number of anilines is 1. The number of amides is 1. The smallest absolute Gasteiger partial charge is 0.269 e. The van der Waals surface area contributed by atoms with Crippen molar-refractivity contribution in [3.8, 4) is 11.4 Å². The molecule has 3 aromatic heterocycles. The van der Waals surface area contributed by atoms with E-state index in [-0.39, 0.29) is 11.6 Å². The van der Waals surface area contributed by atoms with Crippen LogP contribution in [0.2, 0.25) is 0 Å². The normalized spacial score (nSPS) is 11.8. The van der Waals surface area contributed by atoms with Crippen LogP contribution in [0.25, 0.3) is 11.4 Å². The highest BCUT2D eigenvalue weighted by atomic mass is 32.2. The molecule has 0 aliphatic carbocycles. The number of non-ortho nitro benzene ring substituents is 1. The molecule has 0 spiro atoms. The van der Waals surface area contributed by atoms with Gasteiger partial charge in [0.2, 0.25) is 5.91 Å². The van der Waals surface area contributed by atoms with Crippen LogP contribution in [0.5, 0.6) is 0 Å². The summed E-state index contributed by atoms with van der Waals surface area (Å²) >= 11 is 1.26. The van der Waals surface area contributed by atoms with Gasteiger partial charge in [-0.05, 0) is 49.7 Å². The van der Waals surface area contributed by atoms with Crippen molar-refractivity contribution in [1.29, 1.82) is 0 Å². The summed E-state index contributed by atoms with van der Waals surface area (Å²) < 4.78 is 7.39. The van der Waals surface area contributed by atoms with E-state index in [1.807, 2.05) is 22.8 Å². The van der Waals surface area contributed by atoms with E-state index in [2.05, 4.69) is 20.5 Å². The number of benzene rings is 1. The lowest BCUT2D eigenvalue weighted by atomic mass is 10.2. The van der Waals surface area contributed by atoms with Crippen molar-refractivity contribution in [2.24, 2.45) is 0 Å². The number of carbonyl (C=O) groups excluding carboxylic acids is 1. The van der Waals surface area contributed by atoms with Gasteiger partial charge < -0.3 is 9.73 Å². The molecule has 3 heterocycles. The van der Waals surface area contributed by atoms with Gasteiger partial charge in [0, 0.05) is 35.8 Å². The van der Waals surface area contributed by atoms with Gasteiger partial charge in [0.1, 0.15) is 5.76 Å². The molecule has 1 N–H and O–H groups in total. The molecule has 10 nitrogen and oxygen atoms in total. The van der Waals surface area contributed by atoms with E-state index in [9.17, 15) is 14.9 Å². The number of furan rings is 1. The average Bonchev–Trinajstić information content (AvgIpc) is 3.46. The lowest BCUT2D eigenvalue weighted by molar-refractivity contribution is -0.384. The van der Waals surface area contributed by atoms with Crippen molar-refractivity contribution in [3.63, 3.8) is 0 Å².